The molecule has 0 radical (unpaired) electrons. The summed E-state index contributed by atoms with van der Waals surface area (Å²) in [5, 5.41) is 14.3. The van der Waals surface area contributed by atoms with Crippen molar-refractivity contribution in [2.75, 3.05) is 0 Å². The summed E-state index contributed by atoms with van der Waals surface area (Å²) in [6.07, 6.45) is 3.26. The van der Waals surface area contributed by atoms with Crippen molar-refractivity contribution in [3.05, 3.63) is 77.1 Å². The van der Waals surface area contributed by atoms with Crippen molar-refractivity contribution in [1.29, 1.82) is 0 Å². The van der Waals surface area contributed by atoms with Crippen LogP contribution in [-0.2, 0) is 6.42 Å². The van der Waals surface area contributed by atoms with E-state index in [1.165, 1.54) is 11.3 Å². The Morgan fingerprint density at radius 2 is 2.00 bits per heavy atom. The number of fused-ring (bicyclic) bond motifs is 2. The largest absolute Gasteiger partial charge is 0.297 e. The SMILES string of the molecule is O=Cc1ccc(-c2ccc3nnc(Cc4ccc5ncccc5c4)n3n2)s1. The van der Waals surface area contributed by atoms with Crippen LogP contribution in [0.1, 0.15) is 21.1 Å². The Morgan fingerprint density at radius 1 is 1.04 bits per heavy atom. The third-order valence-electron chi connectivity index (χ3n) is 4.35. The molecule has 4 heterocycles. The van der Waals surface area contributed by atoms with E-state index in [4.69, 9.17) is 0 Å². The summed E-state index contributed by atoms with van der Waals surface area (Å²) in [5.41, 5.74) is 3.58. The molecule has 5 aromatic rings. The van der Waals surface area contributed by atoms with E-state index in [9.17, 15) is 4.79 Å². The Balaban J connectivity index is 1.54. The van der Waals surface area contributed by atoms with Gasteiger partial charge < -0.3 is 0 Å². The molecule has 1 aromatic carbocycles. The fraction of sp³-hybridized carbons (Fsp3) is 0.0500. The van der Waals surface area contributed by atoms with Gasteiger partial charge in [0.15, 0.2) is 17.8 Å². The zero-order valence-electron chi connectivity index (χ0n) is 14.1. The molecule has 0 aliphatic heterocycles. The van der Waals surface area contributed by atoms with Crippen LogP contribution in [0.2, 0.25) is 0 Å². The maximum absolute atomic E-state index is 10.9. The summed E-state index contributed by atoms with van der Waals surface area (Å²) in [6, 6.07) is 17.7. The Morgan fingerprint density at radius 3 is 2.89 bits per heavy atom. The molecule has 0 atom stereocenters. The van der Waals surface area contributed by atoms with E-state index >= 15 is 0 Å². The van der Waals surface area contributed by atoms with E-state index in [0.717, 1.165) is 39.1 Å². The van der Waals surface area contributed by atoms with Gasteiger partial charge in [-0.05, 0) is 48.0 Å². The Hall–Kier alpha value is -3.45. The molecule has 130 valence electrons. The van der Waals surface area contributed by atoms with E-state index in [1.807, 2.05) is 36.4 Å². The minimum absolute atomic E-state index is 0.618. The number of hydrogen-bond acceptors (Lipinski definition) is 6. The average Bonchev–Trinajstić information content (AvgIpc) is 3.35. The van der Waals surface area contributed by atoms with Crippen molar-refractivity contribution >= 4 is 34.2 Å². The highest BCUT2D eigenvalue weighted by Crippen LogP contribution is 2.26. The maximum atomic E-state index is 10.9. The maximum Gasteiger partial charge on any atom is 0.177 e. The van der Waals surface area contributed by atoms with E-state index in [-0.39, 0.29) is 0 Å². The van der Waals surface area contributed by atoms with E-state index in [1.54, 1.807) is 16.8 Å². The molecule has 0 saturated carbocycles. The average molecular weight is 371 g/mol. The quantitative estimate of drug-likeness (QED) is 0.449. The van der Waals surface area contributed by atoms with Gasteiger partial charge in [-0.1, -0.05) is 12.1 Å². The number of pyridine rings is 1. The Bertz CT molecular complexity index is 1290. The molecule has 7 heteroatoms. The number of hydrogen-bond donors (Lipinski definition) is 0. The fourth-order valence-electron chi connectivity index (χ4n) is 3.05. The summed E-state index contributed by atoms with van der Waals surface area (Å²) in [7, 11) is 0. The summed E-state index contributed by atoms with van der Waals surface area (Å²) < 4.78 is 1.77. The smallest absolute Gasteiger partial charge is 0.177 e. The Kier molecular flexibility index (Phi) is 3.72. The summed E-state index contributed by atoms with van der Waals surface area (Å²) >= 11 is 1.42. The van der Waals surface area contributed by atoms with Crippen LogP contribution in [0, 0.1) is 0 Å². The Labute approximate surface area is 158 Å². The van der Waals surface area contributed by atoms with Crippen LogP contribution in [-0.4, -0.2) is 31.1 Å². The predicted molar refractivity (Wildman–Crippen MR) is 104 cm³/mol. The molecule has 0 N–H and O–H groups in total. The number of thiophene rings is 1. The first-order chi connectivity index (χ1) is 13.3. The molecule has 0 spiro atoms. The number of aldehydes is 1. The van der Waals surface area contributed by atoms with Crippen LogP contribution >= 0.6 is 11.3 Å². The highest BCUT2D eigenvalue weighted by molar-refractivity contribution is 7.17. The second kappa shape index (κ2) is 6.37. The van der Waals surface area contributed by atoms with Gasteiger partial charge in [0.05, 0.1) is 15.3 Å². The zero-order chi connectivity index (χ0) is 18.2. The van der Waals surface area contributed by atoms with Crippen molar-refractivity contribution in [2.24, 2.45) is 0 Å². The number of benzene rings is 1. The standard InChI is InChI=1S/C20H13N5OS/c26-12-15-4-7-18(27-15)17-6-8-19-22-23-20(25(19)24-17)11-13-3-5-16-14(10-13)2-1-9-21-16/h1-10,12H,11H2. The van der Waals surface area contributed by atoms with Crippen LogP contribution in [0.4, 0.5) is 0 Å². The van der Waals surface area contributed by atoms with Gasteiger partial charge in [0.1, 0.15) is 5.69 Å². The molecular weight excluding hydrogens is 358 g/mol. The van der Waals surface area contributed by atoms with Gasteiger partial charge >= 0.3 is 0 Å². The summed E-state index contributed by atoms with van der Waals surface area (Å²) in [6.45, 7) is 0. The molecule has 0 aliphatic carbocycles. The number of aromatic nitrogens is 5. The van der Waals surface area contributed by atoms with Gasteiger partial charge in [-0.15, -0.1) is 21.5 Å². The number of rotatable bonds is 4. The summed E-state index contributed by atoms with van der Waals surface area (Å²) in [4.78, 5) is 16.9. The fourth-order valence-corrected chi connectivity index (χ4v) is 3.83. The van der Waals surface area contributed by atoms with Crippen LogP contribution in [0.25, 0.3) is 27.1 Å². The third-order valence-corrected chi connectivity index (χ3v) is 5.39. The molecule has 0 unspecified atom stereocenters. The monoisotopic (exact) mass is 371 g/mol. The van der Waals surface area contributed by atoms with Crippen molar-refractivity contribution in [2.45, 2.75) is 6.42 Å². The number of nitrogens with zero attached hydrogens (tertiary/aromatic N) is 5. The zero-order valence-corrected chi connectivity index (χ0v) is 14.9. The molecule has 0 amide bonds. The number of carbonyl (C=O) groups excluding carboxylic acids is 1. The van der Waals surface area contributed by atoms with Crippen LogP contribution in [0.15, 0.2) is 60.8 Å². The molecule has 0 bridgehead atoms. The molecule has 0 aliphatic rings. The summed E-state index contributed by atoms with van der Waals surface area (Å²) in [5.74, 6) is 0.766. The lowest BCUT2D eigenvalue weighted by molar-refractivity contribution is 0.112. The lowest BCUT2D eigenvalue weighted by Gasteiger charge is -2.03. The number of carbonyl (C=O) groups is 1. The molecule has 0 fully saturated rings. The highest BCUT2D eigenvalue weighted by Gasteiger charge is 2.11. The molecule has 4 aromatic heterocycles. The van der Waals surface area contributed by atoms with Gasteiger partial charge in [0, 0.05) is 18.0 Å². The van der Waals surface area contributed by atoms with Gasteiger partial charge in [-0.25, -0.2) is 0 Å². The van der Waals surface area contributed by atoms with Gasteiger partial charge in [0.25, 0.3) is 0 Å². The van der Waals surface area contributed by atoms with Crippen molar-refractivity contribution < 1.29 is 4.79 Å². The first-order valence-corrected chi connectivity index (χ1v) is 9.22. The molecular formula is C20H13N5OS. The second-order valence-electron chi connectivity index (χ2n) is 6.13. The minimum Gasteiger partial charge on any atom is -0.297 e. The molecule has 6 nitrogen and oxygen atoms in total. The van der Waals surface area contributed by atoms with Gasteiger partial charge in [-0.2, -0.15) is 9.61 Å². The molecule has 5 rings (SSSR count). The van der Waals surface area contributed by atoms with Crippen LogP contribution in [0.5, 0.6) is 0 Å². The first kappa shape index (κ1) is 15.8. The topological polar surface area (TPSA) is 73.0 Å². The first-order valence-electron chi connectivity index (χ1n) is 8.40. The van der Waals surface area contributed by atoms with E-state index < -0.39 is 0 Å². The van der Waals surface area contributed by atoms with E-state index in [2.05, 4.69) is 32.4 Å². The van der Waals surface area contributed by atoms with Gasteiger partial charge in [0.2, 0.25) is 0 Å². The van der Waals surface area contributed by atoms with Crippen molar-refractivity contribution in [1.82, 2.24) is 24.8 Å². The van der Waals surface area contributed by atoms with Crippen LogP contribution < -0.4 is 0 Å². The third kappa shape index (κ3) is 2.88. The predicted octanol–water partition coefficient (Wildman–Crippen LogP) is 3.80. The van der Waals surface area contributed by atoms with Crippen molar-refractivity contribution in [3.8, 4) is 10.6 Å². The molecule has 27 heavy (non-hydrogen) atoms. The lowest BCUT2D eigenvalue weighted by Crippen LogP contribution is -2.01. The minimum atomic E-state index is 0.618. The highest BCUT2D eigenvalue weighted by atomic mass is 32.1. The van der Waals surface area contributed by atoms with Gasteiger partial charge in [-0.3, -0.25) is 9.78 Å². The van der Waals surface area contributed by atoms with E-state index in [0.29, 0.717) is 16.9 Å². The lowest BCUT2D eigenvalue weighted by atomic mass is 10.1. The van der Waals surface area contributed by atoms with Crippen LogP contribution in [0.3, 0.4) is 0 Å². The normalized spacial score (nSPS) is 11.3. The molecule has 0 saturated heterocycles. The van der Waals surface area contributed by atoms with Crippen molar-refractivity contribution in [3.63, 3.8) is 0 Å². The second-order valence-corrected chi connectivity index (χ2v) is 7.25.